The van der Waals surface area contributed by atoms with Crippen LogP contribution in [0.3, 0.4) is 0 Å². The largest absolute Gasteiger partial charge is 0.394 e. The molecule has 2 aromatic heterocycles. The predicted molar refractivity (Wildman–Crippen MR) is 78.0 cm³/mol. The van der Waals surface area contributed by atoms with Gasteiger partial charge in [-0.1, -0.05) is 11.6 Å². The van der Waals surface area contributed by atoms with Gasteiger partial charge in [0, 0.05) is 11.4 Å². The average Bonchev–Trinajstić information content (AvgIpc) is 2.90. The molecule has 17 heavy (non-hydrogen) atoms. The van der Waals surface area contributed by atoms with E-state index in [1.807, 2.05) is 23.6 Å². The highest BCUT2D eigenvalue weighted by molar-refractivity contribution is 9.11. The van der Waals surface area contributed by atoms with E-state index in [4.69, 9.17) is 11.6 Å². The van der Waals surface area contributed by atoms with Crippen LogP contribution in [0.5, 0.6) is 0 Å². The number of rotatable bonds is 5. The third-order valence-electron chi connectivity index (χ3n) is 2.36. The fourth-order valence-corrected chi connectivity index (χ4v) is 3.95. The Hall–Kier alpha value is 0.0900. The zero-order valence-corrected chi connectivity index (χ0v) is 12.8. The van der Waals surface area contributed by atoms with Crippen LogP contribution in [0.4, 0.5) is 0 Å². The summed E-state index contributed by atoms with van der Waals surface area (Å²) < 4.78 is 1.85. The summed E-state index contributed by atoms with van der Waals surface area (Å²) in [6.45, 7) is 0.791. The Morgan fingerprint density at radius 1 is 1.41 bits per heavy atom. The summed E-state index contributed by atoms with van der Waals surface area (Å²) in [7, 11) is 0. The molecule has 0 aromatic carbocycles. The van der Waals surface area contributed by atoms with Crippen molar-refractivity contribution in [3.05, 3.63) is 42.1 Å². The van der Waals surface area contributed by atoms with E-state index in [1.165, 1.54) is 4.88 Å². The van der Waals surface area contributed by atoms with Crippen molar-refractivity contribution >= 4 is 50.2 Å². The molecule has 6 heteroatoms. The van der Waals surface area contributed by atoms with Gasteiger partial charge in [0.15, 0.2) is 0 Å². The Labute approximate surface area is 121 Å². The van der Waals surface area contributed by atoms with E-state index < -0.39 is 0 Å². The molecule has 0 amide bonds. The van der Waals surface area contributed by atoms with Crippen LogP contribution in [-0.2, 0) is 6.54 Å². The standard InChI is InChI=1S/C11H11BrClNOS2/c12-11-8(3-4-16-11)9(6-15)14-5-7-1-2-10(13)17-7/h1-4,9,14-15H,5-6H2/t9-/m1/s1. The molecule has 1 atom stereocenters. The molecule has 2 nitrogen and oxygen atoms in total. The molecule has 0 spiro atoms. The molecule has 0 fully saturated rings. The van der Waals surface area contributed by atoms with Gasteiger partial charge in [-0.15, -0.1) is 22.7 Å². The molecule has 0 aliphatic rings. The average molecular weight is 353 g/mol. The first-order valence-electron chi connectivity index (χ1n) is 5.02. The zero-order valence-electron chi connectivity index (χ0n) is 8.82. The van der Waals surface area contributed by atoms with Crippen molar-refractivity contribution in [1.29, 1.82) is 0 Å². The lowest BCUT2D eigenvalue weighted by Crippen LogP contribution is -2.23. The SMILES string of the molecule is OC[C@@H](NCc1ccc(Cl)s1)c1ccsc1Br. The number of hydrogen-bond acceptors (Lipinski definition) is 4. The number of halogens is 2. The highest BCUT2D eigenvalue weighted by atomic mass is 79.9. The van der Waals surface area contributed by atoms with Crippen molar-refractivity contribution in [3.8, 4) is 0 Å². The van der Waals surface area contributed by atoms with E-state index in [0.717, 1.165) is 13.7 Å². The van der Waals surface area contributed by atoms with Crippen molar-refractivity contribution in [2.75, 3.05) is 6.61 Å². The molecule has 2 heterocycles. The minimum Gasteiger partial charge on any atom is -0.394 e. The maximum atomic E-state index is 9.40. The topological polar surface area (TPSA) is 32.3 Å². The van der Waals surface area contributed by atoms with Gasteiger partial charge < -0.3 is 10.4 Å². The van der Waals surface area contributed by atoms with Gasteiger partial charge >= 0.3 is 0 Å². The van der Waals surface area contributed by atoms with Crippen molar-refractivity contribution in [3.63, 3.8) is 0 Å². The smallest absolute Gasteiger partial charge is 0.0931 e. The van der Waals surface area contributed by atoms with Crippen LogP contribution >= 0.6 is 50.2 Å². The third kappa shape index (κ3) is 3.53. The van der Waals surface area contributed by atoms with Crippen LogP contribution < -0.4 is 5.32 Å². The van der Waals surface area contributed by atoms with Gasteiger partial charge in [-0.05, 0) is 45.1 Å². The zero-order chi connectivity index (χ0) is 12.3. The number of hydrogen-bond donors (Lipinski definition) is 2. The highest BCUT2D eigenvalue weighted by Gasteiger charge is 2.14. The van der Waals surface area contributed by atoms with E-state index >= 15 is 0 Å². The first kappa shape index (κ1) is 13.5. The molecule has 2 aromatic rings. The maximum absolute atomic E-state index is 9.40. The van der Waals surface area contributed by atoms with Gasteiger partial charge in [-0.25, -0.2) is 0 Å². The van der Waals surface area contributed by atoms with Crippen LogP contribution in [0.2, 0.25) is 4.34 Å². The minimum atomic E-state index is -0.0449. The molecule has 0 aliphatic carbocycles. The molecule has 0 saturated carbocycles. The first-order chi connectivity index (χ1) is 8.20. The van der Waals surface area contributed by atoms with Crippen molar-refractivity contribution in [1.82, 2.24) is 5.32 Å². The van der Waals surface area contributed by atoms with Crippen LogP contribution in [0, 0.1) is 0 Å². The molecule has 92 valence electrons. The third-order valence-corrected chi connectivity index (χ3v) is 5.32. The molecule has 2 N–H and O–H groups in total. The Morgan fingerprint density at radius 3 is 2.76 bits per heavy atom. The Morgan fingerprint density at radius 2 is 2.24 bits per heavy atom. The number of thiophene rings is 2. The number of aliphatic hydroxyl groups is 1. The van der Waals surface area contributed by atoms with Crippen molar-refractivity contribution in [2.45, 2.75) is 12.6 Å². The quantitative estimate of drug-likeness (QED) is 0.851. The first-order valence-corrected chi connectivity index (χ1v) is 7.88. The van der Waals surface area contributed by atoms with Crippen LogP contribution in [0.25, 0.3) is 0 Å². The summed E-state index contributed by atoms with van der Waals surface area (Å²) in [6, 6.07) is 5.86. The van der Waals surface area contributed by atoms with E-state index in [2.05, 4.69) is 21.2 Å². The summed E-state index contributed by atoms with van der Waals surface area (Å²) in [5.74, 6) is 0. The summed E-state index contributed by atoms with van der Waals surface area (Å²) in [5, 5.41) is 14.7. The van der Waals surface area contributed by atoms with Crippen molar-refractivity contribution < 1.29 is 5.11 Å². The van der Waals surface area contributed by atoms with Gasteiger partial charge in [0.05, 0.1) is 20.8 Å². The van der Waals surface area contributed by atoms with Gasteiger partial charge in [0.2, 0.25) is 0 Å². The van der Waals surface area contributed by atoms with E-state index in [-0.39, 0.29) is 12.6 Å². The molecule has 0 aliphatic heterocycles. The molecular formula is C11H11BrClNOS2. The monoisotopic (exact) mass is 351 g/mol. The molecular weight excluding hydrogens is 342 g/mol. The minimum absolute atomic E-state index is 0.0449. The second-order valence-electron chi connectivity index (χ2n) is 3.47. The summed E-state index contributed by atoms with van der Waals surface area (Å²) >= 11 is 12.5. The Bertz CT molecular complexity index is 485. The van der Waals surface area contributed by atoms with Gasteiger partial charge in [0.1, 0.15) is 0 Å². The molecule has 0 bridgehead atoms. The predicted octanol–water partition coefficient (Wildman–Crippen LogP) is 4.05. The summed E-state index contributed by atoms with van der Waals surface area (Å²) in [5.41, 5.74) is 1.10. The second kappa shape index (κ2) is 6.31. The highest BCUT2D eigenvalue weighted by Crippen LogP contribution is 2.29. The maximum Gasteiger partial charge on any atom is 0.0931 e. The lowest BCUT2D eigenvalue weighted by molar-refractivity contribution is 0.244. The fourth-order valence-electron chi connectivity index (χ4n) is 1.50. The van der Waals surface area contributed by atoms with Crippen LogP contribution in [-0.4, -0.2) is 11.7 Å². The van der Waals surface area contributed by atoms with Gasteiger partial charge in [-0.2, -0.15) is 0 Å². The lowest BCUT2D eigenvalue weighted by Gasteiger charge is -2.15. The van der Waals surface area contributed by atoms with E-state index in [1.54, 1.807) is 22.7 Å². The lowest BCUT2D eigenvalue weighted by atomic mass is 10.1. The summed E-state index contributed by atoms with van der Waals surface area (Å²) in [4.78, 5) is 1.17. The number of aliphatic hydroxyl groups excluding tert-OH is 1. The normalized spacial score (nSPS) is 12.9. The van der Waals surface area contributed by atoms with Crippen LogP contribution in [0.15, 0.2) is 27.4 Å². The van der Waals surface area contributed by atoms with E-state index in [9.17, 15) is 5.11 Å². The fraction of sp³-hybridized carbons (Fsp3) is 0.273. The van der Waals surface area contributed by atoms with Gasteiger partial charge in [0.25, 0.3) is 0 Å². The Balaban J connectivity index is 1.99. The van der Waals surface area contributed by atoms with E-state index in [0.29, 0.717) is 6.54 Å². The summed E-state index contributed by atoms with van der Waals surface area (Å²) in [6.07, 6.45) is 0. The molecule has 2 rings (SSSR count). The molecule has 0 radical (unpaired) electrons. The molecule has 0 unspecified atom stereocenters. The van der Waals surface area contributed by atoms with Crippen molar-refractivity contribution in [2.24, 2.45) is 0 Å². The number of nitrogens with one attached hydrogen (secondary N) is 1. The second-order valence-corrected chi connectivity index (χ2v) is 7.51. The molecule has 0 saturated heterocycles. The van der Waals surface area contributed by atoms with Crippen LogP contribution in [0.1, 0.15) is 16.5 Å². The van der Waals surface area contributed by atoms with Gasteiger partial charge in [-0.3, -0.25) is 0 Å². The Kier molecular flexibility index (Phi) is 5.02.